The molecule has 250 valence electrons. The Kier molecular flexibility index (Phi) is 8.80. The molecule has 0 aliphatic heterocycles. The summed E-state index contributed by atoms with van der Waals surface area (Å²) in [6.45, 7) is 10.6. The van der Waals surface area contributed by atoms with E-state index >= 15 is 0 Å². The fraction of sp³-hybridized carbons (Fsp3) is 0.595. The summed E-state index contributed by atoms with van der Waals surface area (Å²) in [4.78, 5) is 38.9. The largest absolute Gasteiger partial charge is 0.459 e. The van der Waals surface area contributed by atoms with Gasteiger partial charge in [-0.3, -0.25) is 4.79 Å². The Bertz CT molecular complexity index is 1510. The molecule has 8 atom stereocenters. The van der Waals surface area contributed by atoms with Crippen LogP contribution in [0.15, 0.2) is 53.6 Å². The lowest BCUT2D eigenvalue weighted by atomic mass is 9.42. The molecule has 1 aromatic rings. The first-order valence-electron chi connectivity index (χ1n) is 16.3. The zero-order valence-corrected chi connectivity index (χ0v) is 27.6. The number of rotatable bonds is 7. The molecule has 0 saturated heterocycles. The average Bonchev–Trinajstić information content (AvgIpc) is 3.22. The van der Waals surface area contributed by atoms with Crippen LogP contribution >= 0.6 is 0 Å². The minimum atomic E-state index is -2.01. The van der Waals surface area contributed by atoms with Gasteiger partial charge in [-0.25, -0.2) is 14.0 Å². The molecule has 1 unspecified atom stereocenters. The van der Waals surface area contributed by atoms with Crippen molar-refractivity contribution in [2.45, 2.75) is 115 Å². The van der Waals surface area contributed by atoms with Crippen molar-refractivity contribution in [1.29, 1.82) is 0 Å². The van der Waals surface area contributed by atoms with Gasteiger partial charge in [0.2, 0.25) is 0 Å². The van der Waals surface area contributed by atoms with Crippen molar-refractivity contribution in [2.24, 2.45) is 22.7 Å². The van der Waals surface area contributed by atoms with Crippen LogP contribution in [0.4, 0.5) is 4.39 Å². The van der Waals surface area contributed by atoms with Crippen LogP contribution < -0.4 is 0 Å². The number of ether oxygens (including phenoxy) is 2. The van der Waals surface area contributed by atoms with Gasteiger partial charge in [0.05, 0.1) is 5.41 Å². The van der Waals surface area contributed by atoms with E-state index in [1.54, 1.807) is 19.1 Å². The summed E-state index contributed by atoms with van der Waals surface area (Å²) in [7, 11) is 0. The summed E-state index contributed by atoms with van der Waals surface area (Å²) in [5.74, 6) is -2.59. The number of fused-ring (bicyclic) bond motifs is 5. The molecule has 4 aliphatic carbocycles. The lowest BCUT2D eigenvalue weighted by Crippen LogP contribution is -2.78. The summed E-state index contributed by atoms with van der Waals surface area (Å²) < 4.78 is 25.4. The second-order valence-corrected chi connectivity index (χ2v) is 14.7. The molecule has 3 N–H and O–H groups in total. The lowest BCUT2D eigenvalue weighted by Gasteiger charge is -2.67. The number of aliphatic hydroxyl groups is 3. The number of esters is 2. The molecule has 1 aromatic carbocycles. The summed E-state index contributed by atoms with van der Waals surface area (Å²) in [6, 6.07) is 5.89. The topological polar surface area (TPSA) is 130 Å². The number of carbonyl (C=O) groups is 3. The normalized spacial score (nSPS) is 38.9. The molecule has 0 spiro atoms. The monoisotopic (exact) mass is 638 g/mol. The molecule has 0 bridgehead atoms. The molecule has 0 radical (unpaired) electrons. The molecule has 8 nitrogen and oxygen atoms in total. The van der Waals surface area contributed by atoms with E-state index in [0.29, 0.717) is 24.8 Å². The lowest BCUT2D eigenvalue weighted by molar-refractivity contribution is -0.314. The molecule has 0 amide bonds. The maximum atomic E-state index is 13.5. The van der Waals surface area contributed by atoms with Crippen molar-refractivity contribution >= 4 is 23.8 Å². The van der Waals surface area contributed by atoms with Crippen molar-refractivity contribution in [3.63, 3.8) is 0 Å². The fourth-order valence-electron chi connectivity index (χ4n) is 8.96. The van der Waals surface area contributed by atoms with Crippen molar-refractivity contribution in [1.82, 2.24) is 0 Å². The quantitative estimate of drug-likeness (QED) is 0.206. The Morgan fingerprint density at radius 3 is 2.39 bits per heavy atom. The van der Waals surface area contributed by atoms with Gasteiger partial charge in [-0.15, -0.1) is 0 Å². The second-order valence-electron chi connectivity index (χ2n) is 14.7. The molecule has 46 heavy (non-hydrogen) atoms. The van der Waals surface area contributed by atoms with Crippen LogP contribution in [0.25, 0.3) is 6.08 Å². The van der Waals surface area contributed by atoms with Crippen molar-refractivity contribution in [2.75, 3.05) is 0 Å². The van der Waals surface area contributed by atoms with Crippen molar-refractivity contribution in [3.05, 3.63) is 65.0 Å². The van der Waals surface area contributed by atoms with Crippen LogP contribution in [-0.4, -0.2) is 62.1 Å². The third kappa shape index (κ3) is 5.19. The molecule has 0 heterocycles. The Balaban J connectivity index is 1.44. The first-order valence-corrected chi connectivity index (χ1v) is 16.3. The van der Waals surface area contributed by atoms with E-state index in [-0.39, 0.29) is 31.6 Å². The van der Waals surface area contributed by atoms with E-state index in [9.17, 15) is 34.1 Å². The molecule has 3 fully saturated rings. The average molecular weight is 639 g/mol. The Labute approximate surface area is 270 Å². The highest BCUT2D eigenvalue weighted by Gasteiger charge is 2.81. The third-order valence-electron chi connectivity index (χ3n) is 12.2. The standard InChI is InChI=1S/C37H47FO8/c1-22(2)23(3)18-32(41)46-30-21-29-33(5)14-13-28(45-31(40)11-10-25-8-7-9-27(38)19-25)20-26(33)12-15-36(29,43)37(44)17-16-35(42,24(4)39)34(30,37)6/h7-12,18-19,22,28-30,42-44H,13-17,20-21H2,1-6H3/b11-10+,23-18+/t28-,29?,30+,33-,34+,35+,36-,37+/m0/s1. The molecule has 0 aromatic heterocycles. The van der Waals surface area contributed by atoms with Gasteiger partial charge in [-0.2, -0.15) is 0 Å². The highest BCUT2D eigenvalue weighted by molar-refractivity contribution is 5.88. The van der Waals surface area contributed by atoms with E-state index in [1.165, 1.54) is 37.3 Å². The van der Waals surface area contributed by atoms with Gasteiger partial charge >= 0.3 is 11.9 Å². The molecule has 9 heteroatoms. The van der Waals surface area contributed by atoms with Gasteiger partial charge in [-0.05, 0) is 94.4 Å². The number of hydrogen-bond acceptors (Lipinski definition) is 8. The summed E-state index contributed by atoms with van der Waals surface area (Å²) in [5.41, 5.74) is -5.67. The summed E-state index contributed by atoms with van der Waals surface area (Å²) >= 11 is 0. The number of benzene rings is 1. The van der Waals surface area contributed by atoms with Crippen LogP contribution in [-0.2, 0) is 23.9 Å². The number of Topliss-reactive ketones (excluding diaryl/α,β-unsaturated/α-hetero) is 1. The number of carbonyl (C=O) groups excluding carboxylic acids is 3. The number of halogens is 1. The maximum absolute atomic E-state index is 13.5. The van der Waals surface area contributed by atoms with Gasteiger partial charge in [-0.1, -0.05) is 50.1 Å². The predicted octanol–water partition coefficient (Wildman–Crippen LogP) is 5.39. The Morgan fingerprint density at radius 2 is 1.74 bits per heavy atom. The molecular formula is C37H47FO8. The van der Waals surface area contributed by atoms with Gasteiger partial charge in [0.15, 0.2) is 5.78 Å². The third-order valence-corrected chi connectivity index (χ3v) is 12.2. The van der Waals surface area contributed by atoms with E-state index in [1.807, 2.05) is 33.8 Å². The van der Waals surface area contributed by atoms with Crippen LogP contribution in [0.3, 0.4) is 0 Å². The van der Waals surface area contributed by atoms with Crippen LogP contribution in [0.1, 0.15) is 92.1 Å². The zero-order chi connectivity index (χ0) is 33.9. The van der Waals surface area contributed by atoms with E-state index in [2.05, 4.69) is 0 Å². The smallest absolute Gasteiger partial charge is 0.331 e. The predicted molar refractivity (Wildman–Crippen MR) is 169 cm³/mol. The summed E-state index contributed by atoms with van der Waals surface area (Å²) in [5, 5.41) is 37.1. The SMILES string of the molecule is CC(=O)[C@]1(O)CC[C@@]2(O)[C@]1(C)[C@H](OC(=O)/C=C(\C)C(C)C)CC1[C@@]3(C)CC[C@H](OC(=O)/C=C/c4cccc(F)c4)CC3=CC[C@]12O. The van der Waals surface area contributed by atoms with Gasteiger partial charge < -0.3 is 24.8 Å². The number of ketones is 1. The van der Waals surface area contributed by atoms with Gasteiger partial charge in [0.1, 0.15) is 34.8 Å². The second kappa shape index (κ2) is 11.8. The van der Waals surface area contributed by atoms with E-state index < -0.39 is 69.3 Å². The van der Waals surface area contributed by atoms with Crippen molar-refractivity contribution in [3.8, 4) is 0 Å². The zero-order valence-electron chi connectivity index (χ0n) is 27.6. The molecular weight excluding hydrogens is 591 g/mol. The van der Waals surface area contributed by atoms with Crippen molar-refractivity contribution < 1.29 is 43.6 Å². The molecule has 4 aliphatic rings. The first-order chi connectivity index (χ1) is 21.4. The van der Waals surface area contributed by atoms with Crippen LogP contribution in [0, 0.1) is 28.5 Å². The van der Waals surface area contributed by atoms with E-state index in [4.69, 9.17) is 9.47 Å². The maximum Gasteiger partial charge on any atom is 0.331 e. The van der Waals surface area contributed by atoms with E-state index in [0.717, 1.165) is 11.1 Å². The van der Waals surface area contributed by atoms with Gasteiger partial charge in [0.25, 0.3) is 0 Å². The minimum absolute atomic E-state index is 0.0430. The highest BCUT2D eigenvalue weighted by Crippen LogP contribution is 2.71. The summed E-state index contributed by atoms with van der Waals surface area (Å²) in [6.07, 6.45) is 6.12. The Morgan fingerprint density at radius 1 is 1.02 bits per heavy atom. The van der Waals surface area contributed by atoms with Crippen LogP contribution in [0.5, 0.6) is 0 Å². The minimum Gasteiger partial charge on any atom is -0.459 e. The Hall–Kier alpha value is -3.14. The number of allylic oxidation sites excluding steroid dienone is 1. The molecule has 3 saturated carbocycles. The van der Waals surface area contributed by atoms with Crippen LogP contribution in [0.2, 0.25) is 0 Å². The fourth-order valence-corrected chi connectivity index (χ4v) is 8.96. The molecule has 5 rings (SSSR count). The highest BCUT2D eigenvalue weighted by atomic mass is 19.1. The first kappa shape index (κ1) is 34.2. The number of hydrogen-bond donors (Lipinski definition) is 3. The van der Waals surface area contributed by atoms with Gasteiger partial charge in [0, 0.05) is 24.5 Å².